The van der Waals surface area contributed by atoms with Crippen LogP contribution in [0.4, 0.5) is 0 Å². The Morgan fingerprint density at radius 2 is 0.770 bits per heavy atom. The van der Waals surface area contributed by atoms with Crippen LogP contribution in [0.5, 0.6) is 0 Å². The molecule has 3 N–H and O–H groups in total. The molecular formula is C55H103NO5. The number of ether oxygens (including phenoxy) is 1. The Bertz CT molecular complexity index is 993. The number of hydrogen-bond acceptors (Lipinski definition) is 5. The van der Waals surface area contributed by atoms with E-state index in [9.17, 15) is 19.8 Å². The molecule has 0 aliphatic heterocycles. The molecule has 6 heteroatoms. The molecule has 0 spiro atoms. The smallest absolute Gasteiger partial charge is 0.305 e. The topological polar surface area (TPSA) is 95.9 Å². The second-order valence-corrected chi connectivity index (χ2v) is 18.2. The maximum Gasteiger partial charge on any atom is 0.305 e. The highest BCUT2D eigenvalue weighted by atomic mass is 16.5. The van der Waals surface area contributed by atoms with Gasteiger partial charge in [0.2, 0.25) is 5.91 Å². The number of aliphatic hydroxyl groups excluding tert-OH is 2. The van der Waals surface area contributed by atoms with E-state index in [0.717, 1.165) is 51.4 Å². The number of amides is 1. The van der Waals surface area contributed by atoms with Gasteiger partial charge < -0.3 is 20.3 Å². The van der Waals surface area contributed by atoms with Gasteiger partial charge >= 0.3 is 5.97 Å². The summed E-state index contributed by atoms with van der Waals surface area (Å²) in [6, 6.07) is -0.632. The molecule has 0 aromatic heterocycles. The summed E-state index contributed by atoms with van der Waals surface area (Å²) in [4.78, 5) is 24.4. The molecule has 0 fully saturated rings. The van der Waals surface area contributed by atoms with Crippen LogP contribution in [0.25, 0.3) is 0 Å². The van der Waals surface area contributed by atoms with Crippen LogP contribution < -0.4 is 5.32 Å². The van der Waals surface area contributed by atoms with E-state index >= 15 is 0 Å². The first kappa shape index (κ1) is 59.1. The third-order valence-electron chi connectivity index (χ3n) is 12.1. The molecular weight excluding hydrogens is 755 g/mol. The van der Waals surface area contributed by atoms with Crippen molar-refractivity contribution in [1.82, 2.24) is 5.32 Å². The van der Waals surface area contributed by atoms with Gasteiger partial charge in [0, 0.05) is 12.8 Å². The van der Waals surface area contributed by atoms with E-state index in [0.29, 0.717) is 19.4 Å². The Labute approximate surface area is 379 Å². The second kappa shape index (κ2) is 50.7. The number of carbonyl (C=O) groups is 2. The monoisotopic (exact) mass is 858 g/mol. The minimum atomic E-state index is -0.848. The lowest BCUT2D eigenvalue weighted by Crippen LogP contribution is -2.45. The van der Waals surface area contributed by atoms with E-state index < -0.39 is 12.1 Å². The number of allylic oxidation sites excluding steroid dienone is 5. The normalized spacial score (nSPS) is 12.9. The number of nitrogens with one attached hydrogen (secondary N) is 1. The molecule has 0 saturated heterocycles. The maximum atomic E-state index is 12.4. The molecule has 0 aromatic rings. The van der Waals surface area contributed by atoms with Gasteiger partial charge in [-0.3, -0.25) is 9.59 Å². The molecule has 0 aromatic carbocycles. The van der Waals surface area contributed by atoms with Crippen molar-refractivity contribution in [3.8, 4) is 0 Å². The lowest BCUT2D eigenvalue weighted by Gasteiger charge is -2.20. The van der Waals surface area contributed by atoms with Crippen LogP contribution in [0.1, 0.15) is 277 Å². The maximum absolute atomic E-state index is 12.4. The highest BCUT2D eigenvalue weighted by Crippen LogP contribution is 2.15. The van der Waals surface area contributed by atoms with E-state index in [1.165, 1.54) is 199 Å². The summed E-state index contributed by atoms with van der Waals surface area (Å²) >= 11 is 0. The molecule has 2 atom stereocenters. The molecule has 358 valence electrons. The fraction of sp³-hybridized carbons (Fsp3) is 0.855. The van der Waals surface area contributed by atoms with Gasteiger partial charge in [0.05, 0.1) is 25.4 Å². The van der Waals surface area contributed by atoms with E-state index in [1.54, 1.807) is 6.08 Å². The van der Waals surface area contributed by atoms with Crippen LogP contribution in [0.3, 0.4) is 0 Å². The summed E-state index contributed by atoms with van der Waals surface area (Å²) in [6.07, 6.45) is 61.6. The third kappa shape index (κ3) is 47.4. The van der Waals surface area contributed by atoms with E-state index in [1.807, 2.05) is 6.08 Å². The molecule has 1 amide bonds. The van der Waals surface area contributed by atoms with Crippen LogP contribution in [0.15, 0.2) is 36.5 Å². The van der Waals surface area contributed by atoms with Gasteiger partial charge in [-0.15, -0.1) is 0 Å². The van der Waals surface area contributed by atoms with Crippen molar-refractivity contribution in [2.24, 2.45) is 0 Å². The number of hydrogen-bond donors (Lipinski definition) is 3. The van der Waals surface area contributed by atoms with Crippen molar-refractivity contribution >= 4 is 11.9 Å². The predicted octanol–water partition coefficient (Wildman–Crippen LogP) is 16.1. The van der Waals surface area contributed by atoms with Crippen LogP contribution in [-0.2, 0) is 14.3 Å². The quantitative estimate of drug-likeness (QED) is 0.0322. The van der Waals surface area contributed by atoms with E-state index in [4.69, 9.17) is 4.74 Å². The molecule has 0 rings (SSSR count). The molecule has 0 heterocycles. The SMILES string of the molecule is CCCCCCC/C=C\CCCCCCCC(=O)OCCCCCCCCCCC/C=C\CCCCCCCCCC(=O)NC(CO)C(O)/C=C/CCCCCCCCCC. The first-order valence-corrected chi connectivity index (χ1v) is 26.8. The van der Waals surface area contributed by atoms with Crippen molar-refractivity contribution in [2.45, 2.75) is 289 Å². The Kier molecular flexibility index (Phi) is 49.1. The lowest BCUT2D eigenvalue weighted by atomic mass is 10.1. The largest absolute Gasteiger partial charge is 0.466 e. The Hall–Kier alpha value is -1.92. The van der Waals surface area contributed by atoms with Crippen LogP contribution in [-0.4, -0.2) is 47.4 Å². The minimum Gasteiger partial charge on any atom is -0.466 e. The number of unbranched alkanes of at least 4 members (excludes halogenated alkanes) is 34. The first-order chi connectivity index (χ1) is 30.0. The summed E-state index contributed by atoms with van der Waals surface area (Å²) < 4.78 is 5.46. The van der Waals surface area contributed by atoms with Gasteiger partial charge in [0.1, 0.15) is 0 Å². The number of carbonyl (C=O) groups excluding carboxylic acids is 2. The predicted molar refractivity (Wildman–Crippen MR) is 264 cm³/mol. The van der Waals surface area contributed by atoms with Gasteiger partial charge in [-0.1, -0.05) is 217 Å². The van der Waals surface area contributed by atoms with Crippen molar-refractivity contribution in [3.63, 3.8) is 0 Å². The van der Waals surface area contributed by atoms with Crippen LogP contribution in [0.2, 0.25) is 0 Å². The summed E-state index contributed by atoms with van der Waals surface area (Å²) in [5.74, 6) is -0.0831. The van der Waals surface area contributed by atoms with Crippen molar-refractivity contribution in [2.75, 3.05) is 13.2 Å². The third-order valence-corrected chi connectivity index (χ3v) is 12.1. The molecule has 61 heavy (non-hydrogen) atoms. The van der Waals surface area contributed by atoms with Crippen molar-refractivity contribution < 1.29 is 24.5 Å². The Balaban J connectivity index is 3.44. The van der Waals surface area contributed by atoms with Crippen LogP contribution >= 0.6 is 0 Å². The zero-order valence-electron chi connectivity index (χ0n) is 40.6. The average molecular weight is 858 g/mol. The summed E-state index contributed by atoms with van der Waals surface area (Å²) in [5, 5.41) is 22.9. The van der Waals surface area contributed by atoms with Gasteiger partial charge in [-0.2, -0.15) is 0 Å². The first-order valence-electron chi connectivity index (χ1n) is 26.8. The minimum absolute atomic E-state index is 0.00375. The Morgan fingerprint density at radius 3 is 1.16 bits per heavy atom. The molecule has 2 unspecified atom stereocenters. The molecule has 0 radical (unpaired) electrons. The van der Waals surface area contributed by atoms with Gasteiger partial charge in [0.15, 0.2) is 0 Å². The molecule has 0 saturated carbocycles. The highest BCUT2D eigenvalue weighted by molar-refractivity contribution is 5.76. The fourth-order valence-electron chi connectivity index (χ4n) is 7.97. The van der Waals surface area contributed by atoms with E-state index in [-0.39, 0.29) is 18.5 Å². The van der Waals surface area contributed by atoms with Crippen molar-refractivity contribution in [1.29, 1.82) is 0 Å². The number of rotatable bonds is 49. The standard InChI is InChI=1S/C55H103NO5/c1-3-5-7-9-11-13-15-16-26-29-33-37-41-45-49-55(60)61-50-46-42-38-34-30-27-24-22-20-18-17-19-21-23-25-28-32-36-40-44-48-54(59)56-52(51-57)53(58)47-43-39-35-31-14-12-10-8-6-4-2/h15-17,19,43,47,52-53,57-58H,3-14,18,20-42,44-46,48-51H2,1-2H3,(H,56,59)/b16-15-,19-17-,47-43+. The zero-order chi connectivity index (χ0) is 44.4. The van der Waals surface area contributed by atoms with Crippen LogP contribution in [0, 0.1) is 0 Å². The molecule has 0 bridgehead atoms. The lowest BCUT2D eigenvalue weighted by molar-refractivity contribution is -0.143. The Morgan fingerprint density at radius 1 is 0.443 bits per heavy atom. The fourth-order valence-corrected chi connectivity index (χ4v) is 7.97. The van der Waals surface area contributed by atoms with Gasteiger partial charge in [-0.25, -0.2) is 0 Å². The summed E-state index contributed by atoms with van der Waals surface area (Å²) in [5.41, 5.74) is 0. The van der Waals surface area contributed by atoms with Gasteiger partial charge in [0.25, 0.3) is 0 Å². The molecule has 6 nitrogen and oxygen atoms in total. The average Bonchev–Trinajstić information content (AvgIpc) is 3.26. The number of aliphatic hydroxyl groups is 2. The highest BCUT2D eigenvalue weighted by Gasteiger charge is 2.18. The molecule has 0 aliphatic rings. The summed E-state index contributed by atoms with van der Waals surface area (Å²) in [6.45, 7) is 4.85. The summed E-state index contributed by atoms with van der Waals surface area (Å²) in [7, 11) is 0. The zero-order valence-corrected chi connectivity index (χ0v) is 40.6. The second-order valence-electron chi connectivity index (χ2n) is 18.2. The molecule has 0 aliphatic carbocycles. The van der Waals surface area contributed by atoms with Gasteiger partial charge in [-0.05, 0) is 83.5 Å². The number of esters is 1. The van der Waals surface area contributed by atoms with Crippen molar-refractivity contribution in [3.05, 3.63) is 36.5 Å². The van der Waals surface area contributed by atoms with E-state index in [2.05, 4.69) is 43.5 Å².